The maximum atomic E-state index is 13.5. The number of carbonyl (C=O) groups is 1. The molecule has 4 rings (SSSR count). The number of fused-ring (bicyclic) bond motifs is 2. The Hall–Kier alpha value is -2.08. The van der Waals surface area contributed by atoms with E-state index in [1.165, 1.54) is 11.4 Å². The zero-order valence-corrected chi connectivity index (χ0v) is 19.5. The van der Waals surface area contributed by atoms with Crippen molar-refractivity contribution >= 4 is 5.91 Å². The van der Waals surface area contributed by atoms with Crippen molar-refractivity contribution in [1.29, 1.82) is 0 Å². The molecule has 1 spiro atoms. The van der Waals surface area contributed by atoms with Gasteiger partial charge in [-0.05, 0) is 64.8 Å². The predicted octanol–water partition coefficient (Wildman–Crippen LogP) is 3.76. The van der Waals surface area contributed by atoms with Gasteiger partial charge in [-0.25, -0.2) is 4.98 Å². The molecule has 0 unspecified atom stereocenters. The van der Waals surface area contributed by atoms with E-state index in [0.717, 1.165) is 50.5 Å². The summed E-state index contributed by atoms with van der Waals surface area (Å²) in [6.45, 7) is 15.8. The highest BCUT2D eigenvalue weighted by Gasteiger charge is 2.46. The number of nitrogens with zero attached hydrogens (tertiary/aromatic N) is 5. The summed E-state index contributed by atoms with van der Waals surface area (Å²) in [5.74, 6) is 1.89. The highest BCUT2D eigenvalue weighted by molar-refractivity contribution is 5.93. The zero-order valence-electron chi connectivity index (χ0n) is 19.5. The minimum atomic E-state index is -0.0349. The van der Waals surface area contributed by atoms with E-state index in [1.807, 2.05) is 29.9 Å². The molecule has 0 saturated carbocycles. The van der Waals surface area contributed by atoms with Crippen molar-refractivity contribution in [1.82, 2.24) is 23.9 Å². The van der Waals surface area contributed by atoms with Crippen LogP contribution in [0.4, 0.5) is 0 Å². The summed E-state index contributed by atoms with van der Waals surface area (Å²) in [7, 11) is 1.95. The van der Waals surface area contributed by atoms with Gasteiger partial charge in [-0.15, -0.1) is 0 Å². The Balaban J connectivity index is 1.71. The molecule has 2 aromatic rings. The summed E-state index contributed by atoms with van der Waals surface area (Å²) in [5.41, 5.74) is 3.23. The molecule has 0 aromatic carbocycles. The Labute approximate surface area is 180 Å². The zero-order chi connectivity index (χ0) is 21.6. The van der Waals surface area contributed by atoms with E-state index in [0.29, 0.717) is 18.5 Å². The topological polar surface area (TPSA) is 46.3 Å². The van der Waals surface area contributed by atoms with Gasteiger partial charge in [-0.2, -0.15) is 0 Å². The van der Waals surface area contributed by atoms with Crippen LogP contribution in [0.15, 0.2) is 18.3 Å². The van der Waals surface area contributed by atoms with E-state index in [2.05, 4.69) is 49.0 Å². The molecule has 2 aromatic heterocycles. The number of amides is 1. The summed E-state index contributed by atoms with van der Waals surface area (Å²) in [4.78, 5) is 23.3. The van der Waals surface area contributed by atoms with E-state index < -0.39 is 0 Å². The van der Waals surface area contributed by atoms with Crippen LogP contribution in [0.1, 0.15) is 74.3 Å². The molecule has 0 atom stereocenters. The number of carbonyl (C=O) groups excluding carboxylic acids is 1. The average molecular weight is 412 g/mol. The van der Waals surface area contributed by atoms with Crippen molar-refractivity contribution < 1.29 is 4.79 Å². The van der Waals surface area contributed by atoms with Crippen molar-refractivity contribution in [3.8, 4) is 0 Å². The van der Waals surface area contributed by atoms with Crippen LogP contribution in [0.5, 0.6) is 0 Å². The summed E-state index contributed by atoms with van der Waals surface area (Å²) in [6.07, 6.45) is 4.08. The summed E-state index contributed by atoms with van der Waals surface area (Å²) in [6, 6.07) is 4.22. The highest BCUT2D eigenvalue weighted by atomic mass is 16.2. The van der Waals surface area contributed by atoms with E-state index in [9.17, 15) is 4.79 Å². The Kier molecular flexibility index (Phi) is 5.56. The highest BCUT2D eigenvalue weighted by Crippen LogP contribution is 2.42. The molecule has 1 saturated heterocycles. The maximum Gasteiger partial charge on any atom is 0.270 e. The summed E-state index contributed by atoms with van der Waals surface area (Å²) in [5, 5.41) is 0. The molecule has 2 aliphatic rings. The first kappa shape index (κ1) is 21.2. The monoisotopic (exact) mass is 411 g/mol. The van der Waals surface area contributed by atoms with Crippen LogP contribution in [-0.2, 0) is 19.0 Å². The van der Waals surface area contributed by atoms with Gasteiger partial charge in [0.25, 0.3) is 5.91 Å². The molecule has 30 heavy (non-hydrogen) atoms. The SMILES string of the molecule is Cc1nc2c(n1C(C)C)CN(C(=O)c1cccn1C)CC21CCN(CC(C)C)CC1. The maximum absolute atomic E-state index is 13.5. The third-order valence-corrected chi connectivity index (χ3v) is 6.93. The van der Waals surface area contributed by atoms with Gasteiger partial charge in [-0.1, -0.05) is 13.8 Å². The molecular formula is C24H37N5O. The smallest absolute Gasteiger partial charge is 0.270 e. The number of hydrogen-bond donors (Lipinski definition) is 0. The van der Waals surface area contributed by atoms with E-state index in [-0.39, 0.29) is 11.3 Å². The van der Waals surface area contributed by atoms with Crippen LogP contribution in [0.25, 0.3) is 0 Å². The van der Waals surface area contributed by atoms with Crippen molar-refractivity contribution in [3.63, 3.8) is 0 Å². The average Bonchev–Trinajstić information content (AvgIpc) is 3.25. The van der Waals surface area contributed by atoms with Crippen LogP contribution in [0, 0.1) is 12.8 Å². The minimum Gasteiger partial charge on any atom is -0.347 e. The Morgan fingerprint density at radius 2 is 1.90 bits per heavy atom. The van der Waals surface area contributed by atoms with Crippen LogP contribution in [-0.4, -0.2) is 56.0 Å². The second-order valence-electron chi connectivity index (χ2n) is 10.1. The van der Waals surface area contributed by atoms with Gasteiger partial charge in [0, 0.05) is 37.8 Å². The molecule has 1 fully saturated rings. The number of piperidine rings is 1. The van der Waals surface area contributed by atoms with E-state index in [1.54, 1.807) is 0 Å². The second kappa shape index (κ2) is 7.88. The number of imidazole rings is 1. The molecule has 0 radical (unpaired) electrons. The van der Waals surface area contributed by atoms with Crippen molar-refractivity contribution in [2.45, 2.75) is 65.5 Å². The first-order valence-electron chi connectivity index (χ1n) is 11.4. The molecule has 6 heteroatoms. The lowest BCUT2D eigenvalue weighted by molar-refractivity contribution is 0.0544. The van der Waals surface area contributed by atoms with Gasteiger partial charge in [0.2, 0.25) is 0 Å². The lowest BCUT2D eigenvalue weighted by atomic mass is 9.72. The second-order valence-corrected chi connectivity index (χ2v) is 10.1. The Morgan fingerprint density at radius 3 is 2.47 bits per heavy atom. The van der Waals surface area contributed by atoms with Gasteiger partial charge in [0.05, 0.1) is 17.9 Å². The number of aryl methyl sites for hydroxylation is 2. The lowest BCUT2D eigenvalue weighted by Gasteiger charge is -2.47. The van der Waals surface area contributed by atoms with Gasteiger partial charge in [0.15, 0.2) is 0 Å². The molecule has 2 aliphatic heterocycles. The van der Waals surface area contributed by atoms with Crippen LogP contribution in [0.3, 0.4) is 0 Å². The molecule has 1 amide bonds. The molecule has 6 nitrogen and oxygen atoms in total. The third kappa shape index (κ3) is 3.59. The van der Waals surface area contributed by atoms with E-state index >= 15 is 0 Å². The molecule has 0 aliphatic carbocycles. The predicted molar refractivity (Wildman–Crippen MR) is 120 cm³/mol. The molecule has 4 heterocycles. The number of aromatic nitrogens is 3. The van der Waals surface area contributed by atoms with Crippen LogP contribution in [0.2, 0.25) is 0 Å². The quantitative estimate of drug-likeness (QED) is 0.770. The largest absolute Gasteiger partial charge is 0.347 e. The van der Waals surface area contributed by atoms with E-state index in [4.69, 9.17) is 4.98 Å². The van der Waals surface area contributed by atoms with Gasteiger partial charge >= 0.3 is 0 Å². The first-order chi connectivity index (χ1) is 14.2. The number of hydrogen-bond acceptors (Lipinski definition) is 3. The fourth-order valence-electron chi connectivity index (χ4n) is 5.59. The summed E-state index contributed by atoms with van der Waals surface area (Å²) >= 11 is 0. The Morgan fingerprint density at radius 1 is 1.20 bits per heavy atom. The lowest BCUT2D eigenvalue weighted by Crippen LogP contribution is -2.54. The van der Waals surface area contributed by atoms with Crippen molar-refractivity contribution in [2.24, 2.45) is 13.0 Å². The Bertz CT molecular complexity index is 914. The van der Waals surface area contributed by atoms with Crippen LogP contribution < -0.4 is 0 Å². The third-order valence-electron chi connectivity index (χ3n) is 6.93. The fourth-order valence-corrected chi connectivity index (χ4v) is 5.59. The standard InChI is InChI=1S/C24H37N5O/c1-17(2)14-27-12-9-24(10-13-27)16-28(23(30)20-8-7-11-26(20)6)15-21-22(24)25-19(5)29(21)18(3)4/h7-8,11,17-18H,9-10,12-16H2,1-6H3. The fraction of sp³-hybridized carbons (Fsp3) is 0.667. The minimum absolute atomic E-state index is 0.0349. The molecule has 0 bridgehead atoms. The first-order valence-corrected chi connectivity index (χ1v) is 11.4. The van der Waals surface area contributed by atoms with Gasteiger partial charge in [-0.3, -0.25) is 4.79 Å². The number of rotatable bonds is 4. The van der Waals surface area contributed by atoms with Crippen LogP contribution >= 0.6 is 0 Å². The van der Waals surface area contributed by atoms with Gasteiger partial charge in [0.1, 0.15) is 11.5 Å². The van der Waals surface area contributed by atoms with Crippen molar-refractivity contribution in [2.75, 3.05) is 26.2 Å². The summed E-state index contributed by atoms with van der Waals surface area (Å²) < 4.78 is 4.28. The normalized spacial score (nSPS) is 19.1. The molecular weight excluding hydrogens is 374 g/mol. The molecule has 0 N–H and O–H groups in total. The van der Waals surface area contributed by atoms with Crippen molar-refractivity contribution in [3.05, 3.63) is 41.2 Å². The molecule has 164 valence electrons. The number of likely N-dealkylation sites (tertiary alicyclic amines) is 1. The van der Waals surface area contributed by atoms with Gasteiger partial charge < -0.3 is 18.9 Å².